The van der Waals surface area contributed by atoms with Crippen molar-refractivity contribution in [3.05, 3.63) is 35.4 Å². The zero-order chi connectivity index (χ0) is 20.6. The number of piperidine rings is 1. The van der Waals surface area contributed by atoms with Crippen LogP contribution >= 0.6 is 0 Å². The zero-order valence-corrected chi connectivity index (χ0v) is 18.6. The summed E-state index contributed by atoms with van der Waals surface area (Å²) in [5.41, 5.74) is 2.48. The van der Waals surface area contributed by atoms with Gasteiger partial charge in [-0.05, 0) is 57.8 Å². The number of nitrogens with one attached hydrogen (secondary N) is 2. The van der Waals surface area contributed by atoms with Crippen molar-refractivity contribution in [1.82, 2.24) is 15.5 Å². The van der Waals surface area contributed by atoms with Crippen molar-refractivity contribution in [3.8, 4) is 0 Å². The number of guanidine groups is 1. The second-order valence-corrected chi connectivity index (χ2v) is 10.9. The molecule has 2 rings (SSSR count). The molecule has 0 aliphatic carbocycles. The van der Waals surface area contributed by atoms with Crippen molar-refractivity contribution >= 4 is 15.8 Å². The van der Waals surface area contributed by atoms with Gasteiger partial charge in [0.2, 0.25) is 0 Å². The SMILES string of the molecule is CCNC(=NCc1ccc(CN2CCCCC2)cc1)NCC(C)(C)S(C)(=O)=O. The summed E-state index contributed by atoms with van der Waals surface area (Å²) < 4.78 is 22.9. The minimum atomic E-state index is -3.15. The maximum Gasteiger partial charge on any atom is 0.191 e. The molecule has 0 aromatic heterocycles. The molecular weight excluding hydrogens is 372 g/mol. The van der Waals surface area contributed by atoms with Crippen LogP contribution < -0.4 is 10.6 Å². The molecule has 0 saturated carbocycles. The van der Waals surface area contributed by atoms with Crippen molar-refractivity contribution in [1.29, 1.82) is 0 Å². The first kappa shape index (κ1) is 22.7. The molecule has 0 atom stereocenters. The largest absolute Gasteiger partial charge is 0.357 e. The van der Waals surface area contributed by atoms with E-state index in [1.807, 2.05) is 6.92 Å². The lowest BCUT2D eigenvalue weighted by Crippen LogP contribution is -2.47. The zero-order valence-electron chi connectivity index (χ0n) is 17.8. The van der Waals surface area contributed by atoms with E-state index in [0.29, 0.717) is 19.0 Å². The molecule has 1 heterocycles. The van der Waals surface area contributed by atoms with Crippen molar-refractivity contribution < 1.29 is 8.42 Å². The summed E-state index contributed by atoms with van der Waals surface area (Å²) in [5.74, 6) is 0.636. The third-order valence-electron chi connectivity index (χ3n) is 5.33. The third-order valence-corrected chi connectivity index (χ3v) is 7.48. The van der Waals surface area contributed by atoms with Gasteiger partial charge in [-0.1, -0.05) is 30.7 Å². The van der Waals surface area contributed by atoms with Gasteiger partial charge in [0, 0.05) is 25.9 Å². The molecule has 0 amide bonds. The van der Waals surface area contributed by atoms with Crippen LogP contribution in [-0.4, -0.2) is 56.5 Å². The maximum atomic E-state index is 11.9. The first-order chi connectivity index (χ1) is 13.2. The van der Waals surface area contributed by atoms with Crippen molar-refractivity contribution in [3.63, 3.8) is 0 Å². The highest BCUT2D eigenvalue weighted by molar-refractivity contribution is 7.92. The van der Waals surface area contributed by atoms with Crippen LogP contribution in [0.15, 0.2) is 29.3 Å². The molecule has 2 N–H and O–H groups in total. The monoisotopic (exact) mass is 408 g/mol. The summed E-state index contributed by atoms with van der Waals surface area (Å²) in [6.45, 7) is 10.5. The number of hydrogen-bond acceptors (Lipinski definition) is 4. The summed E-state index contributed by atoms with van der Waals surface area (Å²) in [7, 11) is -3.15. The molecule has 6 nitrogen and oxygen atoms in total. The van der Waals surface area contributed by atoms with Gasteiger partial charge < -0.3 is 10.6 Å². The van der Waals surface area contributed by atoms with E-state index in [9.17, 15) is 8.42 Å². The third kappa shape index (κ3) is 7.09. The molecular formula is C21H36N4O2S. The first-order valence-electron chi connectivity index (χ1n) is 10.2. The van der Waals surface area contributed by atoms with Crippen LogP contribution in [0.1, 0.15) is 51.2 Å². The Labute approximate surface area is 170 Å². The Bertz CT molecular complexity index is 736. The van der Waals surface area contributed by atoms with Gasteiger partial charge in [-0.2, -0.15) is 0 Å². The quantitative estimate of drug-likeness (QED) is 0.511. The van der Waals surface area contributed by atoms with E-state index in [2.05, 4.69) is 44.8 Å². The van der Waals surface area contributed by atoms with Gasteiger partial charge in [-0.25, -0.2) is 13.4 Å². The van der Waals surface area contributed by atoms with Crippen molar-refractivity contribution in [2.45, 2.75) is 57.9 Å². The molecule has 0 bridgehead atoms. The fourth-order valence-electron chi connectivity index (χ4n) is 3.07. The van der Waals surface area contributed by atoms with Gasteiger partial charge in [-0.3, -0.25) is 4.90 Å². The Balaban J connectivity index is 1.92. The Morgan fingerprint density at radius 1 is 1.07 bits per heavy atom. The lowest BCUT2D eigenvalue weighted by molar-refractivity contribution is 0.221. The van der Waals surface area contributed by atoms with Gasteiger partial charge in [0.15, 0.2) is 15.8 Å². The van der Waals surface area contributed by atoms with Crippen molar-refractivity contribution in [2.24, 2.45) is 4.99 Å². The van der Waals surface area contributed by atoms with Crippen molar-refractivity contribution in [2.75, 3.05) is 32.4 Å². The molecule has 1 aliphatic heterocycles. The minimum absolute atomic E-state index is 0.312. The average molecular weight is 409 g/mol. The molecule has 1 aromatic rings. The predicted octanol–water partition coefficient (Wildman–Crippen LogP) is 2.55. The fourth-order valence-corrected chi connectivity index (χ4v) is 3.40. The highest BCUT2D eigenvalue weighted by atomic mass is 32.2. The van der Waals surface area contributed by atoms with Crippen LogP contribution in [0.5, 0.6) is 0 Å². The Morgan fingerprint density at radius 3 is 2.25 bits per heavy atom. The smallest absolute Gasteiger partial charge is 0.191 e. The number of hydrogen-bond donors (Lipinski definition) is 2. The summed E-state index contributed by atoms with van der Waals surface area (Å²) in [6.07, 6.45) is 5.24. The molecule has 158 valence electrons. The standard InChI is InChI=1S/C21H36N4O2S/c1-5-22-20(24-17-21(2,3)28(4,26)27)23-15-18-9-11-19(12-10-18)16-25-13-7-6-8-14-25/h9-12H,5-8,13-17H2,1-4H3,(H2,22,23,24). The first-order valence-corrected chi connectivity index (χ1v) is 12.1. The Hall–Kier alpha value is -1.60. The highest BCUT2D eigenvalue weighted by Crippen LogP contribution is 2.15. The number of benzene rings is 1. The van der Waals surface area contributed by atoms with Crippen LogP contribution in [-0.2, 0) is 22.9 Å². The van der Waals surface area contributed by atoms with E-state index < -0.39 is 14.6 Å². The summed E-state index contributed by atoms with van der Waals surface area (Å²) in [5, 5.41) is 6.34. The van der Waals surface area contributed by atoms with E-state index in [0.717, 1.165) is 18.7 Å². The van der Waals surface area contributed by atoms with E-state index in [1.165, 1.54) is 44.2 Å². The molecule has 28 heavy (non-hydrogen) atoms. The molecule has 1 saturated heterocycles. The lowest BCUT2D eigenvalue weighted by Gasteiger charge is -2.26. The molecule has 1 aliphatic rings. The van der Waals surface area contributed by atoms with Crippen LogP contribution in [0.3, 0.4) is 0 Å². The summed E-state index contributed by atoms with van der Waals surface area (Å²) >= 11 is 0. The van der Waals surface area contributed by atoms with Crippen LogP contribution in [0.25, 0.3) is 0 Å². The highest BCUT2D eigenvalue weighted by Gasteiger charge is 2.30. The Morgan fingerprint density at radius 2 is 1.68 bits per heavy atom. The van der Waals surface area contributed by atoms with Gasteiger partial charge in [0.25, 0.3) is 0 Å². The average Bonchev–Trinajstić information content (AvgIpc) is 2.65. The Kier molecular flexibility index (Phi) is 8.31. The molecule has 7 heteroatoms. The summed E-state index contributed by atoms with van der Waals surface area (Å²) in [6, 6.07) is 8.64. The fraction of sp³-hybridized carbons (Fsp3) is 0.667. The van der Waals surface area contributed by atoms with Gasteiger partial charge in [0.05, 0.1) is 11.3 Å². The molecule has 0 radical (unpaired) electrons. The van der Waals surface area contributed by atoms with Gasteiger partial charge in [-0.15, -0.1) is 0 Å². The van der Waals surface area contributed by atoms with Gasteiger partial charge in [0.1, 0.15) is 0 Å². The van der Waals surface area contributed by atoms with E-state index in [-0.39, 0.29) is 0 Å². The summed E-state index contributed by atoms with van der Waals surface area (Å²) in [4.78, 5) is 7.12. The minimum Gasteiger partial charge on any atom is -0.357 e. The van der Waals surface area contributed by atoms with Crippen LogP contribution in [0.2, 0.25) is 0 Å². The normalized spacial score (nSPS) is 16.8. The van der Waals surface area contributed by atoms with E-state index in [4.69, 9.17) is 0 Å². The van der Waals surface area contributed by atoms with Crippen LogP contribution in [0.4, 0.5) is 0 Å². The lowest BCUT2D eigenvalue weighted by atomic mass is 10.1. The molecule has 1 aromatic carbocycles. The van der Waals surface area contributed by atoms with Crippen LogP contribution in [0, 0.1) is 0 Å². The number of aliphatic imine (C=N–C) groups is 1. The molecule has 0 unspecified atom stereocenters. The number of nitrogens with zero attached hydrogens (tertiary/aromatic N) is 2. The molecule has 0 spiro atoms. The van der Waals surface area contributed by atoms with Gasteiger partial charge >= 0.3 is 0 Å². The van der Waals surface area contributed by atoms with E-state index >= 15 is 0 Å². The van der Waals surface area contributed by atoms with E-state index in [1.54, 1.807) is 13.8 Å². The maximum absolute atomic E-state index is 11.9. The predicted molar refractivity (Wildman–Crippen MR) is 117 cm³/mol. The second-order valence-electron chi connectivity index (χ2n) is 8.23. The second kappa shape index (κ2) is 10.3. The topological polar surface area (TPSA) is 73.8 Å². The molecule has 1 fully saturated rings. The number of likely N-dealkylation sites (tertiary alicyclic amines) is 1. The number of sulfone groups is 1. The number of rotatable bonds is 8.